The molecule has 4 rings (SSSR count). The van der Waals surface area contributed by atoms with Gasteiger partial charge in [-0.25, -0.2) is 9.59 Å². The summed E-state index contributed by atoms with van der Waals surface area (Å²) in [5.41, 5.74) is 1.38. The molecule has 0 bridgehead atoms. The molecule has 2 aliphatic heterocycles. The largest absolute Gasteiger partial charge is 0.456 e. The van der Waals surface area contributed by atoms with Gasteiger partial charge in [0.25, 0.3) is 5.56 Å². The van der Waals surface area contributed by atoms with Crippen molar-refractivity contribution in [2.75, 3.05) is 11.9 Å². The maximum absolute atomic E-state index is 12.8. The van der Waals surface area contributed by atoms with Gasteiger partial charge in [0.1, 0.15) is 12.4 Å². The fourth-order valence-electron chi connectivity index (χ4n) is 3.36. The van der Waals surface area contributed by atoms with Crippen LogP contribution in [0.3, 0.4) is 0 Å². The van der Waals surface area contributed by atoms with Crippen molar-refractivity contribution in [3.8, 4) is 0 Å². The molecule has 0 unspecified atom stereocenters. The molecule has 7 heteroatoms. The molecule has 0 saturated carbocycles. The minimum Gasteiger partial charge on any atom is -0.456 e. The number of hydrogen-bond acceptors (Lipinski definition) is 5. The van der Waals surface area contributed by atoms with Gasteiger partial charge in [-0.15, -0.1) is 0 Å². The number of rotatable bonds is 1. The Hall–Kier alpha value is -3.09. The summed E-state index contributed by atoms with van der Waals surface area (Å²) in [7, 11) is 3.03. The lowest BCUT2D eigenvalue weighted by atomic mass is 9.83. The minimum atomic E-state index is -0.557. The SMILES string of the molecule is Cn1c2c(c(=O)n(C)c1=O)[C@@H](c1ccccc1)C1=C(COC1=O)N2. The Labute approximate surface area is 136 Å². The second-order valence-electron chi connectivity index (χ2n) is 5.91. The van der Waals surface area contributed by atoms with Crippen LogP contribution in [0.5, 0.6) is 0 Å². The zero-order valence-electron chi connectivity index (χ0n) is 13.2. The summed E-state index contributed by atoms with van der Waals surface area (Å²) in [6.07, 6.45) is 0. The molecule has 3 heterocycles. The van der Waals surface area contributed by atoms with E-state index in [2.05, 4.69) is 5.32 Å². The third-order valence-corrected chi connectivity index (χ3v) is 4.57. The van der Waals surface area contributed by atoms with E-state index in [0.29, 0.717) is 22.7 Å². The Bertz CT molecular complexity index is 1010. The first-order valence-electron chi connectivity index (χ1n) is 7.52. The second kappa shape index (κ2) is 4.95. The number of carbonyl (C=O) groups excluding carboxylic acids is 1. The topological polar surface area (TPSA) is 82.3 Å². The van der Waals surface area contributed by atoms with Gasteiger partial charge in [0.2, 0.25) is 0 Å². The van der Waals surface area contributed by atoms with Gasteiger partial charge in [-0.1, -0.05) is 30.3 Å². The van der Waals surface area contributed by atoms with Crippen LogP contribution in [0.1, 0.15) is 17.0 Å². The average molecular weight is 325 g/mol. The van der Waals surface area contributed by atoms with E-state index in [0.717, 1.165) is 10.1 Å². The van der Waals surface area contributed by atoms with Crippen LogP contribution in [0, 0.1) is 0 Å². The quantitative estimate of drug-likeness (QED) is 0.770. The molecule has 7 nitrogen and oxygen atoms in total. The molecule has 24 heavy (non-hydrogen) atoms. The number of aromatic nitrogens is 2. The monoisotopic (exact) mass is 325 g/mol. The highest BCUT2D eigenvalue weighted by atomic mass is 16.5. The maximum Gasteiger partial charge on any atom is 0.337 e. The van der Waals surface area contributed by atoms with Crippen molar-refractivity contribution in [1.29, 1.82) is 0 Å². The molecule has 0 saturated heterocycles. The number of anilines is 1. The zero-order valence-corrected chi connectivity index (χ0v) is 13.2. The minimum absolute atomic E-state index is 0.111. The fourth-order valence-corrected chi connectivity index (χ4v) is 3.36. The number of carbonyl (C=O) groups is 1. The predicted molar refractivity (Wildman–Crippen MR) is 86.8 cm³/mol. The van der Waals surface area contributed by atoms with Crippen LogP contribution in [0.15, 0.2) is 51.2 Å². The van der Waals surface area contributed by atoms with Gasteiger partial charge in [-0.3, -0.25) is 13.9 Å². The number of hydrogen-bond donors (Lipinski definition) is 1. The summed E-state index contributed by atoms with van der Waals surface area (Å²) in [6, 6.07) is 9.29. The van der Waals surface area contributed by atoms with E-state index in [1.165, 1.54) is 11.6 Å². The molecule has 0 fully saturated rings. The van der Waals surface area contributed by atoms with Crippen molar-refractivity contribution in [2.24, 2.45) is 14.1 Å². The van der Waals surface area contributed by atoms with Gasteiger partial charge in [0, 0.05) is 14.1 Å². The molecule has 0 spiro atoms. The lowest BCUT2D eigenvalue weighted by molar-refractivity contribution is -0.136. The highest BCUT2D eigenvalue weighted by Crippen LogP contribution is 2.41. The van der Waals surface area contributed by atoms with Crippen LogP contribution in [0.2, 0.25) is 0 Å². The third kappa shape index (κ3) is 1.81. The standard InChI is InChI=1S/C17H15N3O4/c1-19-14-13(15(21)20(2)17(19)23)11(9-6-4-3-5-7-9)12-10(18-14)8-24-16(12)22/h3-7,11,18H,8H2,1-2H3/t11-/m0/s1. The van der Waals surface area contributed by atoms with Crippen LogP contribution >= 0.6 is 0 Å². The van der Waals surface area contributed by atoms with Crippen molar-refractivity contribution in [2.45, 2.75) is 5.92 Å². The van der Waals surface area contributed by atoms with Crippen molar-refractivity contribution in [1.82, 2.24) is 9.13 Å². The molecule has 0 radical (unpaired) electrons. The van der Waals surface area contributed by atoms with Crippen LogP contribution in [-0.4, -0.2) is 21.7 Å². The van der Waals surface area contributed by atoms with Gasteiger partial charge in [-0.05, 0) is 5.56 Å². The predicted octanol–water partition coefficient (Wildman–Crippen LogP) is 0.452. The molecule has 1 atom stereocenters. The zero-order chi connectivity index (χ0) is 17.0. The maximum atomic E-state index is 12.8. The van der Waals surface area contributed by atoms with Crippen LogP contribution in [0.25, 0.3) is 0 Å². The summed E-state index contributed by atoms with van der Waals surface area (Å²) in [5, 5.41) is 3.05. The summed E-state index contributed by atoms with van der Waals surface area (Å²) < 4.78 is 7.60. The molecule has 1 N–H and O–H groups in total. The highest BCUT2D eigenvalue weighted by Gasteiger charge is 2.41. The summed E-state index contributed by atoms with van der Waals surface area (Å²) >= 11 is 0. The summed E-state index contributed by atoms with van der Waals surface area (Å²) in [5.74, 6) is -0.583. The lowest BCUT2D eigenvalue weighted by Crippen LogP contribution is -2.43. The number of nitrogens with zero attached hydrogens (tertiary/aromatic N) is 2. The molecule has 2 aromatic rings. The lowest BCUT2D eigenvalue weighted by Gasteiger charge is -2.28. The van der Waals surface area contributed by atoms with E-state index in [9.17, 15) is 14.4 Å². The molecule has 122 valence electrons. The van der Waals surface area contributed by atoms with Crippen LogP contribution in [0.4, 0.5) is 5.82 Å². The second-order valence-corrected chi connectivity index (χ2v) is 5.91. The van der Waals surface area contributed by atoms with Crippen LogP contribution < -0.4 is 16.6 Å². The summed E-state index contributed by atoms with van der Waals surface area (Å²) in [6.45, 7) is 0.111. The van der Waals surface area contributed by atoms with E-state index in [1.807, 2.05) is 30.3 Å². The van der Waals surface area contributed by atoms with E-state index < -0.39 is 23.1 Å². The van der Waals surface area contributed by atoms with Crippen molar-refractivity contribution in [3.05, 3.63) is 73.6 Å². The Morgan fingerprint density at radius 1 is 1.08 bits per heavy atom. The number of fused-ring (bicyclic) bond motifs is 1. The molecule has 1 aromatic carbocycles. The molecular weight excluding hydrogens is 310 g/mol. The molecule has 2 aliphatic rings. The fraction of sp³-hybridized carbons (Fsp3) is 0.235. The molecule has 0 amide bonds. The van der Waals surface area contributed by atoms with Gasteiger partial charge in [0.15, 0.2) is 0 Å². The normalized spacial score (nSPS) is 18.8. The van der Waals surface area contributed by atoms with Crippen molar-refractivity contribution < 1.29 is 9.53 Å². The first kappa shape index (κ1) is 14.5. The molecular formula is C17H15N3O4. The third-order valence-electron chi connectivity index (χ3n) is 4.57. The average Bonchev–Trinajstić information content (AvgIpc) is 2.98. The van der Waals surface area contributed by atoms with Gasteiger partial charge >= 0.3 is 11.7 Å². The molecule has 0 aliphatic carbocycles. The molecule has 1 aromatic heterocycles. The number of nitrogens with one attached hydrogen (secondary N) is 1. The van der Waals surface area contributed by atoms with E-state index in [4.69, 9.17) is 4.74 Å². The summed E-state index contributed by atoms with van der Waals surface area (Å²) in [4.78, 5) is 37.3. The Kier molecular flexibility index (Phi) is 2.99. The number of esters is 1. The smallest absolute Gasteiger partial charge is 0.337 e. The van der Waals surface area contributed by atoms with E-state index in [-0.39, 0.29) is 6.61 Å². The first-order valence-corrected chi connectivity index (χ1v) is 7.52. The number of ether oxygens (including phenoxy) is 1. The van der Waals surface area contributed by atoms with Crippen molar-refractivity contribution in [3.63, 3.8) is 0 Å². The Morgan fingerprint density at radius 3 is 2.50 bits per heavy atom. The Balaban J connectivity index is 2.10. The van der Waals surface area contributed by atoms with E-state index in [1.54, 1.807) is 7.05 Å². The van der Waals surface area contributed by atoms with E-state index >= 15 is 0 Å². The van der Waals surface area contributed by atoms with Gasteiger partial charge in [-0.2, -0.15) is 0 Å². The Morgan fingerprint density at radius 2 is 1.79 bits per heavy atom. The van der Waals surface area contributed by atoms with Gasteiger partial charge in [0.05, 0.1) is 22.8 Å². The first-order chi connectivity index (χ1) is 11.5. The number of benzene rings is 1. The highest BCUT2D eigenvalue weighted by molar-refractivity contribution is 5.96. The van der Waals surface area contributed by atoms with Gasteiger partial charge < -0.3 is 10.1 Å². The van der Waals surface area contributed by atoms with Crippen LogP contribution in [-0.2, 0) is 23.6 Å². The number of cyclic esters (lactones) is 1. The van der Waals surface area contributed by atoms with Crippen molar-refractivity contribution >= 4 is 11.8 Å².